The van der Waals surface area contributed by atoms with Gasteiger partial charge >= 0.3 is 5.97 Å². The molecule has 0 bridgehead atoms. The van der Waals surface area contributed by atoms with Crippen molar-refractivity contribution in [3.63, 3.8) is 0 Å². The number of fused-ring (bicyclic) bond motifs is 1. The predicted molar refractivity (Wildman–Crippen MR) is 93.3 cm³/mol. The van der Waals surface area contributed by atoms with E-state index in [1.54, 1.807) is 31.2 Å². The van der Waals surface area contributed by atoms with Crippen LogP contribution in [0.2, 0.25) is 0 Å². The molecule has 4 nitrogen and oxygen atoms in total. The number of carbonyl (C=O) groups is 1. The second-order valence-electron chi connectivity index (χ2n) is 5.77. The molecule has 1 heterocycles. The molecule has 124 valence electrons. The van der Waals surface area contributed by atoms with Gasteiger partial charge in [-0.05, 0) is 48.7 Å². The summed E-state index contributed by atoms with van der Waals surface area (Å²) < 4.78 is 29.8. The van der Waals surface area contributed by atoms with Crippen LogP contribution in [0.15, 0.2) is 52.9 Å². The molecule has 0 unspecified atom stereocenters. The molecule has 0 aromatic heterocycles. The van der Waals surface area contributed by atoms with Gasteiger partial charge in [-0.2, -0.15) is 0 Å². The van der Waals surface area contributed by atoms with Gasteiger partial charge in [-0.15, -0.1) is 0 Å². The zero-order valence-electron chi connectivity index (χ0n) is 13.6. The number of carbonyl (C=O) groups excluding carboxylic acids is 1. The SMILES string of the molecule is CCOC(=O)C1=Cc2cc(-c3ccc(C)cc3)ccc2S(=O)(=O)C1. The first kappa shape index (κ1) is 16.5. The van der Waals surface area contributed by atoms with Crippen molar-refractivity contribution in [1.82, 2.24) is 0 Å². The second-order valence-corrected chi connectivity index (χ2v) is 7.73. The lowest BCUT2D eigenvalue weighted by Crippen LogP contribution is -2.21. The fourth-order valence-corrected chi connectivity index (χ4v) is 4.24. The van der Waals surface area contributed by atoms with Crippen molar-refractivity contribution >= 4 is 21.9 Å². The van der Waals surface area contributed by atoms with E-state index in [0.29, 0.717) is 5.56 Å². The third kappa shape index (κ3) is 3.12. The van der Waals surface area contributed by atoms with Gasteiger partial charge in [-0.3, -0.25) is 0 Å². The largest absolute Gasteiger partial charge is 0.463 e. The summed E-state index contributed by atoms with van der Waals surface area (Å²) in [5.41, 5.74) is 3.76. The Balaban J connectivity index is 2.09. The molecule has 1 aliphatic heterocycles. The summed E-state index contributed by atoms with van der Waals surface area (Å²) >= 11 is 0. The highest BCUT2D eigenvalue weighted by molar-refractivity contribution is 7.91. The molecule has 0 radical (unpaired) electrons. The summed E-state index contributed by atoms with van der Waals surface area (Å²) in [5, 5.41) is 0. The molecular weight excluding hydrogens is 324 g/mol. The maximum Gasteiger partial charge on any atom is 0.335 e. The summed E-state index contributed by atoms with van der Waals surface area (Å²) in [6.45, 7) is 3.92. The van der Waals surface area contributed by atoms with Crippen molar-refractivity contribution in [2.24, 2.45) is 0 Å². The molecule has 2 aromatic rings. The number of benzene rings is 2. The summed E-state index contributed by atoms with van der Waals surface area (Å²) in [6, 6.07) is 13.2. The minimum atomic E-state index is -3.53. The van der Waals surface area contributed by atoms with Gasteiger partial charge in [0.25, 0.3) is 0 Å². The lowest BCUT2D eigenvalue weighted by molar-refractivity contribution is -0.138. The number of hydrogen-bond acceptors (Lipinski definition) is 4. The number of rotatable bonds is 3. The fourth-order valence-electron chi connectivity index (χ4n) is 2.72. The highest BCUT2D eigenvalue weighted by Gasteiger charge is 2.28. The topological polar surface area (TPSA) is 60.4 Å². The van der Waals surface area contributed by atoms with E-state index < -0.39 is 15.8 Å². The van der Waals surface area contributed by atoms with Gasteiger partial charge < -0.3 is 4.74 Å². The molecule has 0 fully saturated rings. The van der Waals surface area contributed by atoms with E-state index in [2.05, 4.69) is 0 Å². The van der Waals surface area contributed by atoms with Crippen LogP contribution in [0, 0.1) is 6.92 Å². The Kier molecular flexibility index (Phi) is 4.28. The minimum Gasteiger partial charge on any atom is -0.463 e. The van der Waals surface area contributed by atoms with E-state index in [1.807, 2.05) is 31.2 Å². The van der Waals surface area contributed by atoms with Gasteiger partial charge in [0.1, 0.15) is 0 Å². The molecule has 0 saturated heterocycles. The average Bonchev–Trinajstić information content (AvgIpc) is 2.54. The van der Waals surface area contributed by atoms with Crippen LogP contribution in [-0.4, -0.2) is 26.7 Å². The van der Waals surface area contributed by atoms with E-state index in [-0.39, 0.29) is 22.8 Å². The van der Waals surface area contributed by atoms with E-state index >= 15 is 0 Å². The normalized spacial score (nSPS) is 15.3. The van der Waals surface area contributed by atoms with Crippen LogP contribution in [0.3, 0.4) is 0 Å². The van der Waals surface area contributed by atoms with Crippen molar-refractivity contribution < 1.29 is 17.9 Å². The first-order valence-corrected chi connectivity index (χ1v) is 9.37. The van der Waals surface area contributed by atoms with Crippen LogP contribution in [0.25, 0.3) is 17.2 Å². The highest BCUT2D eigenvalue weighted by atomic mass is 32.2. The van der Waals surface area contributed by atoms with Crippen LogP contribution in [-0.2, 0) is 19.4 Å². The molecule has 0 saturated carbocycles. The lowest BCUT2D eigenvalue weighted by Gasteiger charge is -2.17. The van der Waals surface area contributed by atoms with Crippen molar-refractivity contribution in [2.75, 3.05) is 12.4 Å². The Bertz CT molecular complexity index is 922. The Hall–Kier alpha value is -2.40. The van der Waals surface area contributed by atoms with Gasteiger partial charge in [0, 0.05) is 0 Å². The number of hydrogen-bond donors (Lipinski definition) is 0. The standard InChI is InChI=1S/C19H18O4S/c1-3-23-19(20)17-11-16-10-15(14-6-4-13(2)5-7-14)8-9-18(16)24(21,22)12-17/h4-11H,3,12H2,1-2H3. The van der Waals surface area contributed by atoms with Crippen LogP contribution in [0.4, 0.5) is 0 Å². The van der Waals surface area contributed by atoms with Crippen molar-refractivity contribution in [3.8, 4) is 11.1 Å². The Labute approximate surface area is 141 Å². The Morgan fingerprint density at radius 1 is 1.08 bits per heavy atom. The molecule has 5 heteroatoms. The number of aryl methyl sites for hydroxylation is 1. The highest BCUT2D eigenvalue weighted by Crippen LogP contribution is 2.31. The third-order valence-electron chi connectivity index (χ3n) is 3.94. The third-order valence-corrected chi connectivity index (χ3v) is 5.68. The lowest BCUT2D eigenvalue weighted by atomic mass is 10.0. The Morgan fingerprint density at radius 3 is 2.42 bits per heavy atom. The Morgan fingerprint density at radius 2 is 1.75 bits per heavy atom. The molecule has 0 aliphatic carbocycles. The maximum absolute atomic E-state index is 12.4. The van der Waals surface area contributed by atoms with E-state index in [4.69, 9.17) is 4.74 Å². The number of sulfone groups is 1. The van der Waals surface area contributed by atoms with Crippen LogP contribution in [0.1, 0.15) is 18.1 Å². The van der Waals surface area contributed by atoms with Gasteiger partial charge in [-0.25, -0.2) is 13.2 Å². The molecule has 2 aromatic carbocycles. The number of ether oxygens (including phenoxy) is 1. The monoisotopic (exact) mass is 342 g/mol. The smallest absolute Gasteiger partial charge is 0.335 e. The molecule has 0 N–H and O–H groups in total. The summed E-state index contributed by atoms with van der Waals surface area (Å²) in [5.74, 6) is -0.893. The molecule has 0 amide bonds. The van der Waals surface area contributed by atoms with Crippen molar-refractivity contribution in [1.29, 1.82) is 0 Å². The quantitative estimate of drug-likeness (QED) is 0.802. The number of esters is 1. The van der Waals surface area contributed by atoms with Crippen molar-refractivity contribution in [2.45, 2.75) is 18.7 Å². The predicted octanol–water partition coefficient (Wildman–Crippen LogP) is 3.40. The van der Waals surface area contributed by atoms with Crippen LogP contribution >= 0.6 is 0 Å². The molecule has 0 spiro atoms. The minimum absolute atomic E-state index is 0.172. The van der Waals surface area contributed by atoms with Crippen LogP contribution < -0.4 is 0 Å². The summed E-state index contributed by atoms with van der Waals surface area (Å²) in [7, 11) is -3.53. The zero-order valence-corrected chi connectivity index (χ0v) is 14.4. The average molecular weight is 342 g/mol. The first-order chi connectivity index (χ1) is 11.4. The van der Waals surface area contributed by atoms with E-state index in [1.165, 1.54) is 0 Å². The van der Waals surface area contributed by atoms with E-state index in [0.717, 1.165) is 16.7 Å². The van der Waals surface area contributed by atoms with Gasteiger partial charge in [-0.1, -0.05) is 35.9 Å². The van der Waals surface area contributed by atoms with Gasteiger partial charge in [0.2, 0.25) is 0 Å². The summed E-state index contributed by atoms with van der Waals surface area (Å²) in [6.07, 6.45) is 1.62. The second kappa shape index (κ2) is 6.24. The molecule has 1 aliphatic rings. The van der Waals surface area contributed by atoms with E-state index in [9.17, 15) is 13.2 Å². The van der Waals surface area contributed by atoms with Crippen LogP contribution in [0.5, 0.6) is 0 Å². The summed E-state index contributed by atoms with van der Waals surface area (Å²) in [4.78, 5) is 12.2. The first-order valence-electron chi connectivity index (χ1n) is 7.72. The maximum atomic E-state index is 12.4. The fraction of sp³-hybridized carbons (Fsp3) is 0.211. The zero-order chi connectivity index (χ0) is 17.3. The molecule has 3 rings (SSSR count). The molecule has 0 atom stereocenters. The van der Waals surface area contributed by atoms with Gasteiger partial charge in [0.15, 0.2) is 9.84 Å². The van der Waals surface area contributed by atoms with Crippen molar-refractivity contribution in [3.05, 3.63) is 59.2 Å². The molecule has 24 heavy (non-hydrogen) atoms. The van der Waals surface area contributed by atoms with Gasteiger partial charge in [0.05, 0.1) is 22.8 Å². The molecular formula is C19H18O4S.